The van der Waals surface area contributed by atoms with Crippen LogP contribution in [0.5, 0.6) is 11.5 Å². The molecule has 0 saturated carbocycles. The molecule has 5 nitrogen and oxygen atoms in total. The molecule has 8 heteroatoms. The number of ether oxygens (including phenoxy) is 2. The van der Waals surface area contributed by atoms with E-state index in [1.54, 1.807) is 0 Å². The predicted octanol–water partition coefficient (Wildman–Crippen LogP) is 2.64. The van der Waals surface area contributed by atoms with Gasteiger partial charge >= 0.3 is 6.36 Å². The fraction of sp³-hybridized carbons (Fsp3) is 0.316. The first-order valence-electron chi connectivity index (χ1n) is 8.44. The normalized spacial score (nSPS) is 12.3. The zero-order valence-corrected chi connectivity index (χ0v) is 15.1. The lowest BCUT2D eigenvalue weighted by Crippen LogP contribution is -3.08. The van der Waals surface area contributed by atoms with Crippen LogP contribution in [-0.2, 0) is 11.3 Å². The zero-order valence-electron chi connectivity index (χ0n) is 15.1. The molecule has 0 aromatic heterocycles. The number of hydrogen-bond donors (Lipinski definition) is 2. The van der Waals surface area contributed by atoms with E-state index in [9.17, 15) is 18.0 Å². The first kappa shape index (κ1) is 20.6. The SMILES string of the molecule is CCOc1ccccc1C[NH+](C)CC(=O)Nc1ccc(OC(F)(F)F)cc1. The maximum Gasteiger partial charge on any atom is 0.573 e. The molecule has 0 heterocycles. The lowest BCUT2D eigenvalue weighted by molar-refractivity contribution is -0.885. The van der Waals surface area contributed by atoms with Gasteiger partial charge in [0.05, 0.1) is 13.7 Å². The smallest absolute Gasteiger partial charge is 0.493 e. The van der Waals surface area contributed by atoms with E-state index in [0.717, 1.165) is 28.3 Å². The van der Waals surface area contributed by atoms with Crippen LogP contribution in [0.3, 0.4) is 0 Å². The van der Waals surface area contributed by atoms with Gasteiger partial charge in [0.15, 0.2) is 6.54 Å². The maximum atomic E-state index is 12.2. The summed E-state index contributed by atoms with van der Waals surface area (Å²) < 4.78 is 45.8. The summed E-state index contributed by atoms with van der Waals surface area (Å²) in [6.07, 6.45) is -4.74. The largest absolute Gasteiger partial charge is 0.573 e. The molecule has 0 fully saturated rings. The molecular weight excluding hydrogens is 361 g/mol. The number of anilines is 1. The molecule has 0 bridgehead atoms. The van der Waals surface area contributed by atoms with Crippen LogP contribution in [0.1, 0.15) is 12.5 Å². The fourth-order valence-electron chi connectivity index (χ4n) is 2.55. The number of hydrogen-bond acceptors (Lipinski definition) is 3. The van der Waals surface area contributed by atoms with Crippen molar-refractivity contribution in [2.24, 2.45) is 0 Å². The second kappa shape index (κ2) is 9.27. The van der Waals surface area contributed by atoms with E-state index in [0.29, 0.717) is 18.8 Å². The predicted molar refractivity (Wildman–Crippen MR) is 94.8 cm³/mol. The van der Waals surface area contributed by atoms with Crippen LogP contribution < -0.4 is 19.7 Å². The lowest BCUT2D eigenvalue weighted by Gasteiger charge is -2.16. The third-order valence-corrected chi connectivity index (χ3v) is 3.60. The van der Waals surface area contributed by atoms with E-state index in [1.807, 2.05) is 38.2 Å². The van der Waals surface area contributed by atoms with E-state index >= 15 is 0 Å². The summed E-state index contributed by atoms with van der Waals surface area (Å²) in [6.45, 7) is 3.26. The summed E-state index contributed by atoms with van der Waals surface area (Å²) in [5.41, 5.74) is 1.40. The first-order valence-corrected chi connectivity index (χ1v) is 8.44. The summed E-state index contributed by atoms with van der Waals surface area (Å²) in [4.78, 5) is 13.1. The first-order chi connectivity index (χ1) is 12.8. The molecule has 2 rings (SSSR count). The van der Waals surface area contributed by atoms with Crippen molar-refractivity contribution in [2.75, 3.05) is 25.5 Å². The Morgan fingerprint density at radius 2 is 1.78 bits per heavy atom. The van der Waals surface area contributed by atoms with Crippen molar-refractivity contribution >= 4 is 11.6 Å². The minimum Gasteiger partial charge on any atom is -0.493 e. The van der Waals surface area contributed by atoms with Crippen LogP contribution in [0.25, 0.3) is 0 Å². The van der Waals surface area contributed by atoms with Gasteiger partial charge in [-0.15, -0.1) is 13.2 Å². The standard InChI is InChI=1S/C19H21F3N2O3/c1-3-26-17-7-5-4-6-14(17)12-24(2)13-18(25)23-15-8-10-16(11-9-15)27-19(20,21)22/h4-11H,3,12-13H2,1-2H3,(H,23,25)/p+1. The van der Waals surface area contributed by atoms with Gasteiger partial charge in [-0.25, -0.2) is 0 Å². The van der Waals surface area contributed by atoms with Gasteiger partial charge in [0.25, 0.3) is 5.91 Å². The molecule has 0 aliphatic rings. The van der Waals surface area contributed by atoms with Crippen molar-refractivity contribution in [3.05, 3.63) is 54.1 Å². The van der Waals surface area contributed by atoms with Crippen LogP contribution in [0.4, 0.5) is 18.9 Å². The number of carbonyl (C=O) groups is 1. The summed E-state index contributed by atoms with van der Waals surface area (Å²) in [6, 6.07) is 12.7. The highest BCUT2D eigenvalue weighted by Gasteiger charge is 2.31. The molecule has 146 valence electrons. The average molecular weight is 383 g/mol. The fourth-order valence-corrected chi connectivity index (χ4v) is 2.55. The van der Waals surface area contributed by atoms with E-state index < -0.39 is 6.36 Å². The van der Waals surface area contributed by atoms with Crippen molar-refractivity contribution in [2.45, 2.75) is 19.8 Å². The monoisotopic (exact) mass is 383 g/mol. The van der Waals surface area contributed by atoms with Crippen molar-refractivity contribution in [3.63, 3.8) is 0 Å². The number of alkyl halides is 3. The highest BCUT2D eigenvalue weighted by molar-refractivity contribution is 5.91. The molecule has 2 aromatic carbocycles. The van der Waals surface area contributed by atoms with Crippen LogP contribution >= 0.6 is 0 Å². The summed E-state index contributed by atoms with van der Waals surface area (Å²) >= 11 is 0. The molecule has 0 aliphatic heterocycles. The Balaban J connectivity index is 1.88. The van der Waals surface area contributed by atoms with Crippen molar-refractivity contribution in [3.8, 4) is 11.5 Å². The van der Waals surface area contributed by atoms with Crippen LogP contribution in [0, 0.1) is 0 Å². The number of amides is 1. The molecule has 0 spiro atoms. The van der Waals surface area contributed by atoms with Crippen LogP contribution in [0.2, 0.25) is 0 Å². The summed E-state index contributed by atoms with van der Waals surface area (Å²) in [5.74, 6) is 0.210. The number of nitrogens with one attached hydrogen (secondary N) is 2. The number of rotatable bonds is 8. The summed E-state index contributed by atoms with van der Waals surface area (Å²) in [7, 11) is 1.88. The molecule has 0 saturated heterocycles. The van der Waals surface area contributed by atoms with Gasteiger partial charge in [0.1, 0.15) is 18.0 Å². The van der Waals surface area contributed by atoms with Gasteiger partial charge < -0.3 is 19.7 Å². The lowest BCUT2D eigenvalue weighted by atomic mass is 10.2. The Labute approximate surface area is 155 Å². The number of para-hydroxylation sites is 1. The molecule has 1 atom stereocenters. The molecule has 27 heavy (non-hydrogen) atoms. The topological polar surface area (TPSA) is 52.0 Å². The number of quaternary nitrogens is 1. The Kier molecular flexibility index (Phi) is 7.06. The van der Waals surface area contributed by atoms with Crippen LogP contribution in [-0.4, -0.2) is 32.5 Å². The van der Waals surface area contributed by atoms with Gasteiger partial charge in [0, 0.05) is 11.3 Å². The zero-order chi connectivity index (χ0) is 19.9. The molecule has 2 aromatic rings. The van der Waals surface area contributed by atoms with Crippen LogP contribution in [0.15, 0.2) is 48.5 Å². The minimum absolute atomic E-state index is 0.196. The molecule has 0 aliphatic carbocycles. The van der Waals surface area contributed by atoms with E-state index in [1.165, 1.54) is 12.1 Å². The second-order valence-electron chi connectivity index (χ2n) is 5.97. The Morgan fingerprint density at radius 3 is 2.41 bits per heavy atom. The number of benzene rings is 2. The molecular formula is C19H22F3N2O3+. The number of likely N-dealkylation sites (N-methyl/N-ethyl adjacent to an activating group) is 1. The minimum atomic E-state index is -4.74. The van der Waals surface area contributed by atoms with Gasteiger partial charge in [-0.2, -0.15) is 0 Å². The van der Waals surface area contributed by atoms with Gasteiger partial charge in [-0.1, -0.05) is 12.1 Å². The third kappa shape index (κ3) is 7.18. The highest BCUT2D eigenvalue weighted by atomic mass is 19.4. The number of halogens is 3. The van der Waals surface area contributed by atoms with Gasteiger partial charge in [-0.3, -0.25) is 4.79 Å². The van der Waals surface area contributed by atoms with Gasteiger partial charge in [-0.05, 0) is 43.3 Å². The van der Waals surface area contributed by atoms with Gasteiger partial charge in [0.2, 0.25) is 0 Å². The van der Waals surface area contributed by atoms with E-state index in [4.69, 9.17) is 4.74 Å². The average Bonchev–Trinajstić information content (AvgIpc) is 2.57. The quantitative estimate of drug-likeness (QED) is 0.737. The summed E-state index contributed by atoms with van der Waals surface area (Å²) in [5, 5.41) is 2.66. The Morgan fingerprint density at radius 1 is 1.11 bits per heavy atom. The van der Waals surface area contributed by atoms with E-state index in [-0.39, 0.29) is 18.2 Å². The second-order valence-corrected chi connectivity index (χ2v) is 5.97. The molecule has 1 unspecified atom stereocenters. The molecule has 1 amide bonds. The van der Waals surface area contributed by atoms with Crippen molar-refractivity contribution in [1.82, 2.24) is 0 Å². The molecule has 0 radical (unpaired) electrons. The highest BCUT2D eigenvalue weighted by Crippen LogP contribution is 2.23. The van der Waals surface area contributed by atoms with E-state index in [2.05, 4.69) is 10.1 Å². The van der Waals surface area contributed by atoms with Crippen molar-refractivity contribution in [1.29, 1.82) is 0 Å². The van der Waals surface area contributed by atoms with Crippen molar-refractivity contribution < 1.29 is 32.3 Å². The Bertz CT molecular complexity index is 749. The number of carbonyl (C=O) groups excluding carboxylic acids is 1. The maximum absolute atomic E-state index is 12.2. The molecule has 2 N–H and O–H groups in total. The Hall–Kier alpha value is -2.74. The third-order valence-electron chi connectivity index (χ3n) is 3.60.